The molecule has 0 spiro atoms. The Morgan fingerprint density at radius 1 is 1.04 bits per heavy atom. The predicted molar refractivity (Wildman–Crippen MR) is 101 cm³/mol. The Labute approximate surface area is 147 Å². The number of hydrogen-bond acceptors (Lipinski definition) is 3. The Morgan fingerprint density at radius 2 is 1.72 bits per heavy atom. The Balaban J connectivity index is 2.08. The SMILES string of the molecule is C=C[C@](CO)(c1ccc2ccccc2c1)[C@H](O)c1ccc(OC)cc1. The van der Waals surface area contributed by atoms with Gasteiger partial charge in [-0.1, -0.05) is 60.7 Å². The van der Waals surface area contributed by atoms with Crippen LogP contribution in [0.25, 0.3) is 10.8 Å². The molecule has 3 aromatic carbocycles. The van der Waals surface area contributed by atoms with Crippen molar-refractivity contribution in [1.29, 1.82) is 0 Å². The van der Waals surface area contributed by atoms with Crippen molar-refractivity contribution < 1.29 is 14.9 Å². The molecule has 0 fully saturated rings. The highest BCUT2D eigenvalue weighted by Gasteiger charge is 2.37. The van der Waals surface area contributed by atoms with Gasteiger partial charge in [-0.05, 0) is 34.0 Å². The third kappa shape index (κ3) is 3.04. The lowest BCUT2D eigenvalue weighted by molar-refractivity contribution is 0.0648. The van der Waals surface area contributed by atoms with Gasteiger partial charge in [0, 0.05) is 0 Å². The zero-order valence-electron chi connectivity index (χ0n) is 14.2. The molecule has 128 valence electrons. The lowest BCUT2D eigenvalue weighted by atomic mass is 9.73. The van der Waals surface area contributed by atoms with Crippen molar-refractivity contribution in [3.05, 3.63) is 90.5 Å². The second-order valence-corrected chi connectivity index (χ2v) is 6.14. The van der Waals surface area contributed by atoms with Crippen LogP contribution in [-0.4, -0.2) is 23.9 Å². The molecule has 0 unspecified atom stereocenters. The molecule has 0 radical (unpaired) electrons. The standard InChI is InChI=1S/C22H22O3/c1-3-22(15-23,21(24)17-9-12-20(25-2)13-10-17)19-11-8-16-6-4-5-7-18(16)14-19/h3-14,21,23-24H,1,15H2,2H3/t21-,22+/m1/s1. The van der Waals surface area contributed by atoms with Crippen molar-refractivity contribution in [2.75, 3.05) is 13.7 Å². The van der Waals surface area contributed by atoms with Crippen molar-refractivity contribution in [3.8, 4) is 5.75 Å². The van der Waals surface area contributed by atoms with Gasteiger partial charge in [-0.2, -0.15) is 0 Å². The summed E-state index contributed by atoms with van der Waals surface area (Å²) >= 11 is 0. The molecule has 0 saturated carbocycles. The zero-order chi connectivity index (χ0) is 17.9. The van der Waals surface area contributed by atoms with Crippen LogP contribution >= 0.6 is 0 Å². The molecule has 3 nitrogen and oxygen atoms in total. The predicted octanol–water partition coefficient (Wildman–Crippen LogP) is 4.00. The fourth-order valence-electron chi connectivity index (χ4n) is 3.19. The first-order valence-electron chi connectivity index (χ1n) is 8.20. The van der Waals surface area contributed by atoms with Gasteiger partial charge in [-0.15, -0.1) is 6.58 Å². The summed E-state index contributed by atoms with van der Waals surface area (Å²) in [6.07, 6.45) is 0.702. The molecule has 25 heavy (non-hydrogen) atoms. The summed E-state index contributed by atoms with van der Waals surface area (Å²) in [6, 6.07) is 21.1. The molecule has 0 aliphatic rings. The molecule has 0 amide bonds. The Bertz CT molecular complexity index is 870. The van der Waals surface area contributed by atoms with Crippen molar-refractivity contribution in [1.82, 2.24) is 0 Å². The Kier molecular flexibility index (Phi) is 4.88. The van der Waals surface area contributed by atoms with Crippen LogP contribution in [0.4, 0.5) is 0 Å². The minimum Gasteiger partial charge on any atom is -0.497 e. The molecule has 3 rings (SSSR count). The van der Waals surface area contributed by atoms with Gasteiger partial charge >= 0.3 is 0 Å². The molecular weight excluding hydrogens is 312 g/mol. The Hall–Kier alpha value is -2.62. The molecule has 0 aromatic heterocycles. The summed E-state index contributed by atoms with van der Waals surface area (Å²) in [6.45, 7) is 3.65. The van der Waals surface area contributed by atoms with Crippen LogP contribution in [-0.2, 0) is 5.41 Å². The number of rotatable bonds is 6. The number of aliphatic hydroxyl groups excluding tert-OH is 2. The Morgan fingerprint density at radius 3 is 2.32 bits per heavy atom. The van der Waals surface area contributed by atoms with Gasteiger partial charge in [0.25, 0.3) is 0 Å². The monoisotopic (exact) mass is 334 g/mol. The van der Waals surface area contributed by atoms with Gasteiger partial charge in [0.15, 0.2) is 0 Å². The van der Waals surface area contributed by atoms with E-state index in [0.29, 0.717) is 5.56 Å². The first kappa shape index (κ1) is 17.2. The maximum atomic E-state index is 11.0. The van der Waals surface area contributed by atoms with Crippen molar-refractivity contribution >= 4 is 10.8 Å². The highest BCUT2D eigenvalue weighted by molar-refractivity contribution is 5.83. The summed E-state index contributed by atoms with van der Waals surface area (Å²) in [7, 11) is 1.60. The molecule has 0 aliphatic heterocycles. The van der Waals surface area contributed by atoms with E-state index in [4.69, 9.17) is 4.74 Å². The van der Waals surface area contributed by atoms with Gasteiger partial charge < -0.3 is 14.9 Å². The zero-order valence-corrected chi connectivity index (χ0v) is 14.2. The van der Waals surface area contributed by atoms with Gasteiger partial charge in [0.2, 0.25) is 0 Å². The maximum absolute atomic E-state index is 11.0. The number of benzene rings is 3. The summed E-state index contributed by atoms with van der Waals surface area (Å²) < 4.78 is 5.17. The topological polar surface area (TPSA) is 49.7 Å². The average Bonchev–Trinajstić information content (AvgIpc) is 2.69. The van der Waals surface area contributed by atoms with Crippen LogP contribution in [0, 0.1) is 0 Å². The number of hydrogen-bond donors (Lipinski definition) is 2. The first-order chi connectivity index (χ1) is 12.1. The third-order valence-electron chi connectivity index (χ3n) is 4.83. The molecular formula is C22H22O3. The third-order valence-corrected chi connectivity index (χ3v) is 4.83. The van der Waals surface area contributed by atoms with Gasteiger partial charge in [0.05, 0.1) is 25.2 Å². The lowest BCUT2D eigenvalue weighted by Gasteiger charge is -2.34. The molecule has 3 aromatic rings. The molecule has 2 N–H and O–H groups in total. The molecule has 0 heterocycles. The number of aliphatic hydroxyl groups is 2. The largest absolute Gasteiger partial charge is 0.497 e. The van der Waals surface area contributed by atoms with E-state index < -0.39 is 11.5 Å². The highest BCUT2D eigenvalue weighted by Crippen LogP contribution is 2.39. The summed E-state index contributed by atoms with van der Waals surface area (Å²) in [5, 5.41) is 23.4. The minimum absolute atomic E-state index is 0.248. The number of methoxy groups -OCH3 is 1. The van der Waals surface area contributed by atoms with Gasteiger partial charge in [-0.3, -0.25) is 0 Å². The van der Waals surface area contributed by atoms with E-state index in [1.54, 1.807) is 37.5 Å². The number of ether oxygens (including phenoxy) is 1. The first-order valence-corrected chi connectivity index (χ1v) is 8.20. The fraction of sp³-hybridized carbons (Fsp3) is 0.182. The van der Waals surface area contributed by atoms with Crippen LogP contribution < -0.4 is 4.74 Å². The van der Waals surface area contributed by atoms with E-state index in [1.807, 2.05) is 42.5 Å². The fourth-order valence-corrected chi connectivity index (χ4v) is 3.19. The van der Waals surface area contributed by atoms with E-state index in [9.17, 15) is 10.2 Å². The second-order valence-electron chi connectivity index (χ2n) is 6.14. The van der Waals surface area contributed by atoms with E-state index in [2.05, 4.69) is 6.58 Å². The van der Waals surface area contributed by atoms with Crippen LogP contribution in [0.15, 0.2) is 79.4 Å². The highest BCUT2D eigenvalue weighted by atomic mass is 16.5. The smallest absolute Gasteiger partial charge is 0.118 e. The van der Waals surface area contributed by atoms with Crippen LogP contribution in [0.5, 0.6) is 5.75 Å². The molecule has 0 bridgehead atoms. The average molecular weight is 334 g/mol. The minimum atomic E-state index is -0.987. The van der Waals surface area contributed by atoms with Crippen LogP contribution in [0.2, 0.25) is 0 Å². The quantitative estimate of drug-likeness (QED) is 0.670. The summed E-state index contributed by atoms with van der Waals surface area (Å²) in [5.41, 5.74) is 0.536. The number of fused-ring (bicyclic) bond motifs is 1. The van der Waals surface area contributed by atoms with Crippen molar-refractivity contribution in [2.24, 2.45) is 0 Å². The van der Waals surface area contributed by atoms with E-state index in [-0.39, 0.29) is 6.61 Å². The summed E-state index contributed by atoms with van der Waals surface area (Å²) in [5.74, 6) is 0.717. The van der Waals surface area contributed by atoms with Gasteiger partial charge in [-0.25, -0.2) is 0 Å². The normalized spacial score (nSPS) is 14.7. The van der Waals surface area contributed by atoms with Crippen molar-refractivity contribution in [2.45, 2.75) is 11.5 Å². The van der Waals surface area contributed by atoms with E-state index in [1.165, 1.54) is 0 Å². The van der Waals surface area contributed by atoms with Crippen LogP contribution in [0.1, 0.15) is 17.2 Å². The molecule has 0 saturated heterocycles. The lowest BCUT2D eigenvalue weighted by Crippen LogP contribution is -2.35. The molecule has 0 aliphatic carbocycles. The van der Waals surface area contributed by atoms with E-state index in [0.717, 1.165) is 22.1 Å². The van der Waals surface area contributed by atoms with E-state index >= 15 is 0 Å². The van der Waals surface area contributed by atoms with Gasteiger partial charge in [0.1, 0.15) is 5.75 Å². The molecule has 2 atom stereocenters. The molecule has 3 heteroatoms. The second kappa shape index (κ2) is 7.09. The maximum Gasteiger partial charge on any atom is 0.118 e. The van der Waals surface area contributed by atoms with Crippen molar-refractivity contribution in [3.63, 3.8) is 0 Å². The van der Waals surface area contributed by atoms with Crippen LogP contribution in [0.3, 0.4) is 0 Å². The summed E-state index contributed by atoms with van der Waals surface area (Å²) in [4.78, 5) is 0.